The van der Waals surface area contributed by atoms with Crippen LogP contribution in [0.15, 0.2) is 29.6 Å². The predicted octanol–water partition coefficient (Wildman–Crippen LogP) is 2.93. The third-order valence-electron chi connectivity index (χ3n) is 2.48. The second kappa shape index (κ2) is 6.52. The van der Waals surface area contributed by atoms with Crippen LogP contribution >= 0.6 is 11.3 Å². The molecular weight excluding hydrogens is 244 g/mol. The number of ether oxygens (including phenoxy) is 1. The van der Waals surface area contributed by atoms with Crippen LogP contribution in [0.5, 0.6) is 5.75 Å². The number of aromatic nitrogens is 1. The summed E-state index contributed by atoms with van der Waals surface area (Å²) in [6, 6.07) is 8.10. The van der Waals surface area contributed by atoms with Crippen molar-refractivity contribution in [2.75, 3.05) is 13.2 Å². The van der Waals surface area contributed by atoms with Gasteiger partial charge in [-0.2, -0.15) is 0 Å². The van der Waals surface area contributed by atoms with Crippen LogP contribution in [0.1, 0.15) is 16.3 Å². The van der Waals surface area contributed by atoms with Crippen LogP contribution in [0.25, 0.3) is 0 Å². The van der Waals surface area contributed by atoms with Gasteiger partial charge in [-0.05, 0) is 31.5 Å². The summed E-state index contributed by atoms with van der Waals surface area (Å²) in [6.07, 6.45) is 0. The van der Waals surface area contributed by atoms with E-state index in [1.54, 1.807) is 11.3 Å². The lowest BCUT2D eigenvalue weighted by Gasteiger charge is -2.07. The molecular formula is C14H18N2OS. The van der Waals surface area contributed by atoms with E-state index in [0.717, 1.165) is 29.5 Å². The van der Waals surface area contributed by atoms with Crippen LogP contribution in [0, 0.1) is 13.8 Å². The molecule has 0 saturated heterocycles. The number of nitrogens with zero attached hydrogens (tertiary/aromatic N) is 1. The van der Waals surface area contributed by atoms with Gasteiger partial charge in [0.25, 0.3) is 0 Å². The molecule has 0 unspecified atom stereocenters. The van der Waals surface area contributed by atoms with Gasteiger partial charge in [-0.25, -0.2) is 4.98 Å². The molecule has 1 N–H and O–H groups in total. The van der Waals surface area contributed by atoms with Crippen LogP contribution in [0.3, 0.4) is 0 Å². The molecule has 1 heterocycles. The molecule has 0 fully saturated rings. The highest BCUT2D eigenvalue weighted by atomic mass is 32.1. The van der Waals surface area contributed by atoms with Gasteiger partial charge >= 0.3 is 0 Å². The Hall–Kier alpha value is -1.39. The fourth-order valence-electron chi connectivity index (χ4n) is 1.63. The van der Waals surface area contributed by atoms with Gasteiger partial charge in [0.2, 0.25) is 0 Å². The highest BCUT2D eigenvalue weighted by Gasteiger charge is 1.98. The Balaban J connectivity index is 1.64. The second-order valence-corrected chi connectivity index (χ2v) is 5.17. The fraction of sp³-hybridized carbons (Fsp3) is 0.357. The van der Waals surface area contributed by atoms with E-state index in [-0.39, 0.29) is 0 Å². The van der Waals surface area contributed by atoms with E-state index in [2.05, 4.69) is 28.7 Å². The monoisotopic (exact) mass is 262 g/mol. The van der Waals surface area contributed by atoms with Crippen LogP contribution in [-0.4, -0.2) is 18.1 Å². The normalized spacial score (nSPS) is 10.6. The molecule has 0 spiro atoms. The summed E-state index contributed by atoms with van der Waals surface area (Å²) in [6.45, 7) is 6.40. The van der Waals surface area contributed by atoms with E-state index in [0.29, 0.717) is 6.61 Å². The first-order valence-corrected chi connectivity index (χ1v) is 6.93. The maximum absolute atomic E-state index is 5.65. The molecule has 3 nitrogen and oxygen atoms in total. The number of benzene rings is 1. The zero-order valence-corrected chi connectivity index (χ0v) is 11.6. The smallest absolute Gasteiger partial charge is 0.119 e. The molecule has 0 bridgehead atoms. The maximum atomic E-state index is 5.65. The van der Waals surface area contributed by atoms with Crippen LogP contribution in [0.4, 0.5) is 0 Å². The molecule has 4 heteroatoms. The van der Waals surface area contributed by atoms with Crippen molar-refractivity contribution in [1.82, 2.24) is 10.3 Å². The van der Waals surface area contributed by atoms with E-state index in [9.17, 15) is 0 Å². The van der Waals surface area contributed by atoms with Gasteiger partial charge in [0, 0.05) is 24.2 Å². The number of hydrogen-bond donors (Lipinski definition) is 1. The van der Waals surface area contributed by atoms with Crippen molar-refractivity contribution in [3.63, 3.8) is 0 Å². The first-order chi connectivity index (χ1) is 8.74. The summed E-state index contributed by atoms with van der Waals surface area (Å²) in [5.41, 5.74) is 2.31. The maximum Gasteiger partial charge on any atom is 0.119 e. The van der Waals surface area contributed by atoms with Crippen LogP contribution in [0.2, 0.25) is 0 Å². The van der Waals surface area contributed by atoms with Gasteiger partial charge in [0.05, 0.1) is 0 Å². The predicted molar refractivity (Wildman–Crippen MR) is 75.2 cm³/mol. The zero-order chi connectivity index (χ0) is 12.8. The van der Waals surface area contributed by atoms with Crippen LogP contribution < -0.4 is 10.1 Å². The minimum atomic E-state index is 0.674. The van der Waals surface area contributed by atoms with Crippen molar-refractivity contribution in [2.24, 2.45) is 0 Å². The Labute approximate surface area is 112 Å². The lowest BCUT2D eigenvalue weighted by atomic mass is 10.2. The molecule has 0 saturated carbocycles. The van der Waals surface area contributed by atoms with Gasteiger partial charge in [0.1, 0.15) is 17.4 Å². The molecule has 0 radical (unpaired) electrons. The summed E-state index contributed by atoms with van der Waals surface area (Å²) in [5.74, 6) is 0.932. The Kier molecular flexibility index (Phi) is 4.73. The Morgan fingerprint density at radius 3 is 2.94 bits per heavy atom. The summed E-state index contributed by atoms with van der Waals surface area (Å²) in [5, 5.41) is 6.52. The SMILES string of the molecule is Cc1cccc(OCCNCc2nc(C)cs2)c1. The van der Waals surface area contributed by atoms with Gasteiger partial charge in [-0.15, -0.1) is 11.3 Å². The largest absolute Gasteiger partial charge is 0.492 e. The molecule has 0 aliphatic carbocycles. The van der Waals surface area contributed by atoms with Gasteiger partial charge in [0.15, 0.2) is 0 Å². The first kappa shape index (κ1) is 13.1. The van der Waals surface area contributed by atoms with Crippen molar-refractivity contribution in [3.8, 4) is 5.75 Å². The number of thiazole rings is 1. The Morgan fingerprint density at radius 1 is 1.33 bits per heavy atom. The quantitative estimate of drug-likeness (QED) is 0.813. The van der Waals surface area contributed by atoms with Crippen molar-refractivity contribution in [1.29, 1.82) is 0 Å². The standard InChI is InChI=1S/C14H18N2OS/c1-11-4-3-5-13(8-11)17-7-6-15-9-14-16-12(2)10-18-14/h3-5,8,10,15H,6-7,9H2,1-2H3. The van der Waals surface area contributed by atoms with E-state index in [4.69, 9.17) is 4.74 Å². The lowest BCUT2D eigenvalue weighted by molar-refractivity contribution is 0.313. The Bertz CT molecular complexity index is 496. The van der Waals surface area contributed by atoms with Crippen molar-refractivity contribution >= 4 is 11.3 Å². The minimum Gasteiger partial charge on any atom is -0.492 e. The number of hydrogen-bond acceptors (Lipinski definition) is 4. The zero-order valence-electron chi connectivity index (χ0n) is 10.8. The topological polar surface area (TPSA) is 34.1 Å². The van der Waals surface area contributed by atoms with Gasteiger partial charge in [-0.1, -0.05) is 12.1 Å². The molecule has 96 valence electrons. The average molecular weight is 262 g/mol. The molecule has 0 aliphatic heterocycles. The molecule has 18 heavy (non-hydrogen) atoms. The molecule has 1 aromatic heterocycles. The molecule has 0 amide bonds. The summed E-state index contributed by atoms with van der Waals surface area (Å²) >= 11 is 1.69. The first-order valence-electron chi connectivity index (χ1n) is 6.05. The lowest BCUT2D eigenvalue weighted by Crippen LogP contribution is -2.20. The third kappa shape index (κ3) is 4.13. The number of aryl methyl sites for hydroxylation is 2. The van der Waals surface area contributed by atoms with Crippen molar-refractivity contribution in [3.05, 3.63) is 45.9 Å². The van der Waals surface area contributed by atoms with E-state index < -0.39 is 0 Å². The number of nitrogens with one attached hydrogen (secondary N) is 1. The summed E-state index contributed by atoms with van der Waals surface area (Å²) < 4.78 is 5.65. The fourth-order valence-corrected chi connectivity index (χ4v) is 2.37. The highest BCUT2D eigenvalue weighted by Crippen LogP contribution is 2.12. The van der Waals surface area contributed by atoms with Gasteiger partial charge < -0.3 is 10.1 Å². The summed E-state index contributed by atoms with van der Waals surface area (Å²) in [4.78, 5) is 4.39. The van der Waals surface area contributed by atoms with E-state index in [1.807, 2.05) is 25.1 Å². The average Bonchev–Trinajstić information content (AvgIpc) is 2.75. The molecule has 0 aliphatic rings. The molecule has 2 aromatic rings. The van der Waals surface area contributed by atoms with Crippen LogP contribution in [-0.2, 0) is 6.54 Å². The van der Waals surface area contributed by atoms with E-state index in [1.165, 1.54) is 5.56 Å². The van der Waals surface area contributed by atoms with E-state index >= 15 is 0 Å². The van der Waals surface area contributed by atoms with Crippen molar-refractivity contribution in [2.45, 2.75) is 20.4 Å². The highest BCUT2D eigenvalue weighted by molar-refractivity contribution is 7.09. The summed E-state index contributed by atoms with van der Waals surface area (Å²) in [7, 11) is 0. The Morgan fingerprint density at radius 2 is 2.22 bits per heavy atom. The van der Waals surface area contributed by atoms with Gasteiger partial charge in [-0.3, -0.25) is 0 Å². The minimum absolute atomic E-state index is 0.674. The van der Waals surface area contributed by atoms with Crippen molar-refractivity contribution < 1.29 is 4.74 Å². The molecule has 1 aromatic carbocycles. The third-order valence-corrected chi connectivity index (χ3v) is 3.45. The molecule has 0 atom stereocenters. The number of rotatable bonds is 6. The molecule has 2 rings (SSSR count). The second-order valence-electron chi connectivity index (χ2n) is 4.22.